The average molecular weight is 311 g/mol. The van der Waals surface area contributed by atoms with Crippen LogP contribution < -0.4 is 0 Å². The van der Waals surface area contributed by atoms with E-state index in [4.69, 9.17) is 0 Å². The topological polar surface area (TPSA) is 57.6 Å². The summed E-state index contributed by atoms with van der Waals surface area (Å²) in [4.78, 5) is 0.304. The van der Waals surface area contributed by atoms with Crippen LogP contribution in [-0.4, -0.2) is 30.9 Å². The molecule has 0 bridgehead atoms. The maximum Gasteiger partial charge on any atom is 0.243 e. The van der Waals surface area contributed by atoms with Crippen molar-refractivity contribution < 1.29 is 13.5 Å². The van der Waals surface area contributed by atoms with E-state index >= 15 is 0 Å². The SMILES string of the molecule is CCc1ccc(S(=O)(=O)N2CCCC(C)CC2)cc1CO. The summed E-state index contributed by atoms with van der Waals surface area (Å²) < 4.78 is 27.1. The molecule has 1 aliphatic rings. The average Bonchev–Trinajstić information content (AvgIpc) is 2.71. The van der Waals surface area contributed by atoms with Crippen molar-refractivity contribution >= 4 is 10.0 Å². The predicted molar refractivity (Wildman–Crippen MR) is 83.5 cm³/mol. The smallest absolute Gasteiger partial charge is 0.243 e. The highest BCUT2D eigenvalue weighted by atomic mass is 32.2. The molecule has 0 radical (unpaired) electrons. The highest BCUT2D eigenvalue weighted by Crippen LogP contribution is 2.24. The largest absolute Gasteiger partial charge is 0.392 e. The predicted octanol–water partition coefficient (Wildman–Crippen LogP) is 2.55. The molecule has 1 aliphatic heterocycles. The maximum atomic E-state index is 12.8. The molecule has 0 saturated carbocycles. The Labute approximate surface area is 127 Å². The fourth-order valence-electron chi connectivity index (χ4n) is 2.88. The number of benzene rings is 1. The molecule has 0 amide bonds. The van der Waals surface area contributed by atoms with Crippen molar-refractivity contribution in [2.75, 3.05) is 13.1 Å². The molecule has 1 unspecified atom stereocenters. The normalized spacial score (nSPS) is 21.2. The molecule has 21 heavy (non-hydrogen) atoms. The number of hydrogen-bond donors (Lipinski definition) is 1. The molecule has 0 aromatic heterocycles. The number of hydrogen-bond acceptors (Lipinski definition) is 3. The van der Waals surface area contributed by atoms with Gasteiger partial charge in [-0.1, -0.05) is 19.9 Å². The third-order valence-corrected chi connectivity index (χ3v) is 6.24. The van der Waals surface area contributed by atoms with E-state index in [2.05, 4.69) is 6.92 Å². The third kappa shape index (κ3) is 3.65. The number of aryl methyl sites for hydroxylation is 1. The van der Waals surface area contributed by atoms with E-state index in [-0.39, 0.29) is 6.61 Å². The Morgan fingerprint density at radius 1 is 1.24 bits per heavy atom. The molecular weight excluding hydrogens is 286 g/mol. The van der Waals surface area contributed by atoms with E-state index in [1.165, 1.54) is 0 Å². The van der Waals surface area contributed by atoms with Crippen LogP contribution in [-0.2, 0) is 23.1 Å². The van der Waals surface area contributed by atoms with Crippen molar-refractivity contribution in [1.82, 2.24) is 4.31 Å². The minimum Gasteiger partial charge on any atom is -0.392 e. The van der Waals surface area contributed by atoms with Gasteiger partial charge < -0.3 is 5.11 Å². The van der Waals surface area contributed by atoms with Gasteiger partial charge in [0.25, 0.3) is 0 Å². The number of rotatable bonds is 4. The number of aliphatic hydroxyl groups is 1. The number of aliphatic hydroxyl groups excluding tert-OH is 1. The summed E-state index contributed by atoms with van der Waals surface area (Å²) in [7, 11) is -3.44. The summed E-state index contributed by atoms with van der Waals surface area (Å²) in [6.45, 7) is 5.24. The molecule has 118 valence electrons. The quantitative estimate of drug-likeness (QED) is 0.929. The zero-order chi connectivity index (χ0) is 15.5. The van der Waals surface area contributed by atoms with Crippen LogP contribution in [0.25, 0.3) is 0 Å². The van der Waals surface area contributed by atoms with E-state index in [9.17, 15) is 13.5 Å². The molecule has 1 aromatic rings. The van der Waals surface area contributed by atoms with E-state index in [1.807, 2.05) is 13.0 Å². The van der Waals surface area contributed by atoms with E-state index < -0.39 is 10.0 Å². The number of sulfonamides is 1. The van der Waals surface area contributed by atoms with E-state index in [1.54, 1.807) is 16.4 Å². The lowest BCUT2D eigenvalue weighted by molar-refractivity contribution is 0.280. The highest BCUT2D eigenvalue weighted by molar-refractivity contribution is 7.89. The Balaban J connectivity index is 2.30. The summed E-state index contributed by atoms with van der Waals surface area (Å²) in [5.74, 6) is 0.584. The Morgan fingerprint density at radius 2 is 2.00 bits per heavy atom. The summed E-state index contributed by atoms with van der Waals surface area (Å²) in [6.07, 6.45) is 3.71. The zero-order valence-corrected chi connectivity index (χ0v) is 13.7. The van der Waals surface area contributed by atoms with Crippen LogP contribution >= 0.6 is 0 Å². The van der Waals surface area contributed by atoms with Gasteiger partial charge in [-0.2, -0.15) is 4.31 Å². The monoisotopic (exact) mass is 311 g/mol. The lowest BCUT2D eigenvalue weighted by atomic mass is 10.0. The second kappa shape index (κ2) is 6.90. The molecule has 0 spiro atoms. The molecule has 1 saturated heterocycles. The van der Waals surface area contributed by atoms with Crippen molar-refractivity contribution in [3.8, 4) is 0 Å². The fourth-order valence-corrected chi connectivity index (χ4v) is 4.43. The first-order valence-corrected chi connectivity index (χ1v) is 9.15. The highest BCUT2D eigenvalue weighted by Gasteiger charge is 2.27. The molecule has 5 heteroatoms. The summed E-state index contributed by atoms with van der Waals surface area (Å²) in [6, 6.07) is 5.11. The molecular formula is C16H25NO3S. The van der Waals surface area contributed by atoms with Crippen molar-refractivity contribution in [3.63, 3.8) is 0 Å². The zero-order valence-electron chi connectivity index (χ0n) is 12.9. The molecule has 1 heterocycles. The van der Waals surface area contributed by atoms with Crippen molar-refractivity contribution in [2.24, 2.45) is 5.92 Å². The standard InChI is InChI=1S/C16H25NO3S/c1-3-14-6-7-16(11-15(14)12-18)21(19,20)17-9-4-5-13(2)8-10-17/h6-7,11,13,18H,3-5,8-10,12H2,1-2H3. The Morgan fingerprint density at radius 3 is 2.67 bits per heavy atom. The summed E-state index contributed by atoms with van der Waals surface area (Å²) >= 11 is 0. The van der Waals surface area contributed by atoms with Gasteiger partial charge in [0.15, 0.2) is 0 Å². The maximum absolute atomic E-state index is 12.8. The second-order valence-corrected chi connectivity index (χ2v) is 7.82. The van der Waals surface area contributed by atoms with Crippen LogP contribution in [0.4, 0.5) is 0 Å². The Kier molecular flexibility index (Phi) is 5.41. The third-order valence-electron chi connectivity index (χ3n) is 4.34. The summed E-state index contributed by atoms with van der Waals surface area (Å²) in [5.41, 5.74) is 1.71. The van der Waals surface area contributed by atoms with Gasteiger partial charge in [-0.05, 0) is 54.9 Å². The molecule has 0 aliphatic carbocycles. The van der Waals surface area contributed by atoms with Gasteiger partial charge in [-0.25, -0.2) is 8.42 Å². The van der Waals surface area contributed by atoms with Gasteiger partial charge in [0.05, 0.1) is 11.5 Å². The van der Waals surface area contributed by atoms with Crippen LogP contribution in [0.5, 0.6) is 0 Å². The van der Waals surface area contributed by atoms with Gasteiger partial charge in [-0.15, -0.1) is 0 Å². The molecule has 1 N–H and O–H groups in total. The van der Waals surface area contributed by atoms with Crippen molar-refractivity contribution in [1.29, 1.82) is 0 Å². The fraction of sp³-hybridized carbons (Fsp3) is 0.625. The van der Waals surface area contributed by atoms with Crippen LogP contribution in [0.2, 0.25) is 0 Å². The van der Waals surface area contributed by atoms with Gasteiger partial charge >= 0.3 is 0 Å². The van der Waals surface area contributed by atoms with Crippen LogP contribution in [0.1, 0.15) is 44.2 Å². The van der Waals surface area contributed by atoms with E-state index in [0.717, 1.165) is 31.2 Å². The number of nitrogens with zero attached hydrogens (tertiary/aromatic N) is 1. The first kappa shape index (κ1) is 16.5. The van der Waals surface area contributed by atoms with Crippen molar-refractivity contribution in [2.45, 2.75) is 51.0 Å². The molecule has 1 aromatic carbocycles. The summed E-state index contributed by atoms with van der Waals surface area (Å²) in [5, 5.41) is 9.42. The molecule has 4 nitrogen and oxygen atoms in total. The van der Waals surface area contributed by atoms with Crippen molar-refractivity contribution in [3.05, 3.63) is 29.3 Å². The van der Waals surface area contributed by atoms with Gasteiger partial charge in [0, 0.05) is 13.1 Å². The first-order valence-electron chi connectivity index (χ1n) is 7.71. The van der Waals surface area contributed by atoms with Crippen LogP contribution in [0, 0.1) is 5.92 Å². The Hall–Kier alpha value is -0.910. The minimum absolute atomic E-state index is 0.121. The molecule has 2 rings (SSSR count). The van der Waals surface area contributed by atoms with Gasteiger partial charge in [0.1, 0.15) is 0 Å². The van der Waals surface area contributed by atoms with Crippen LogP contribution in [0.3, 0.4) is 0 Å². The van der Waals surface area contributed by atoms with Gasteiger partial charge in [-0.3, -0.25) is 0 Å². The minimum atomic E-state index is -3.44. The van der Waals surface area contributed by atoms with Gasteiger partial charge in [0.2, 0.25) is 10.0 Å². The van der Waals surface area contributed by atoms with E-state index in [0.29, 0.717) is 29.5 Å². The lowest BCUT2D eigenvalue weighted by Gasteiger charge is -2.21. The molecule has 1 fully saturated rings. The molecule has 1 atom stereocenters. The first-order chi connectivity index (χ1) is 9.98. The lowest BCUT2D eigenvalue weighted by Crippen LogP contribution is -2.32. The van der Waals surface area contributed by atoms with Crippen LogP contribution in [0.15, 0.2) is 23.1 Å². The Bertz CT molecular complexity index is 583. The second-order valence-electron chi connectivity index (χ2n) is 5.88.